The molecule has 3 rings (SSSR count). The van der Waals surface area contributed by atoms with E-state index < -0.39 is 0 Å². The van der Waals surface area contributed by atoms with Gasteiger partial charge in [0.1, 0.15) is 0 Å². The number of rotatable bonds is 1. The Morgan fingerprint density at radius 2 is 1.89 bits per heavy atom. The third kappa shape index (κ3) is 2.35. The molecule has 1 unspecified atom stereocenters. The average Bonchev–Trinajstić information content (AvgIpc) is 2.41. The fourth-order valence-corrected chi connectivity index (χ4v) is 2.34. The minimum atomic E-state index is 0.695. The minimum Gasteiger partial charge on any atom is -0.253 e. The number of allylic oxidation sites excluding steroid dienone is 2. The molecule has 1 aliphatic carbocycles. The molecule has 0 radical (unpaired) electrons. The fourth-order valence-electron chi connectivity index (χ4n) is 2.34. The molecule has 2 aromatic carbocycles. The first-order valence-electron chi connectivity index (χ1n) is 6.56. The van der Waals surface area contributed by atoms with E-state index in [1.54, 1.807) is 0 Å². The molecule has 90 valence electrons. The van der Waals surface area contributed by atoms with Crippen molar-refractivity contribution < 1.29 is 0 Å². The van der Waals surface area contributed by atoms with Crippen molar-refractivity contribution in [1.82, 2.24) is 0 Å². The maximum absolute atomic E-state index is 4.73. The summed E-state index contributed by atoms with van der Waals surface area (Å²) >= 11 is 0. The van der Waals surface area contributed by atoms with E-state index in [0.717, 1.165) is 12.1 Å². The van der Waals surface area contributed by atoms with Gasteiger partial charge in [-0.05, 0) is 47.7 Å². The monoisotopic (exact) mass is 235 g/mol. The van der Waals surface area contributed by atoms with Crippen LogP contribution in [0.2, 0.25) is 0 Å². The molecule has 0 saturated heterocycles. The minimum absolute atomic E-state index is 0.695. The Morgan fingerprint density at radius 1 is 1.06 bits per heavy atom. The van der Waals surface area contributed by atoms with Gasteiger partial charge in [0.05, 0.1) is 5.69 Å². The molecule has 0 aliphatic heterocycles. The zero-order valence-corrected chi connectivity index (χ0v) is 10.6. The van der Waals surface area contributed by atoms with Crippen LogP contribution in [0.1, 0.15) is 19.8 Å². The summed E-state index contributed by atoms with van der Waals surface area (Å²) in [4.78, 5) is 4.73. The summed E-state index contributed by atoms with van der Waals surface area (Å²) < 4.78 is 0. The molecule has 0 amide bonds. The zero-order chi connectivity index (χ0) is 12.4. The summed E-state index contributed by atoms with van der Waals surface area (Å²) in [6.45, 7) is 2.25. The normalized spacial score (nSPS) is 21.6. The molecule has 0 aromatic heterocycles. The van der Waals surface area contributed by atoms with E-state index in [1.165, 1.54) is 22.9 Å². The van der Waals surface area contributed by atoms with Crippen LogP contribution in [0, 0.1) is 5.92 Å². The molecule has 0 N–H and O–H groups in total. The third-order valence-corrected chi connectivity index (χ3v) is 3.48. The Labute approximate surface area is 108 Å². The Morgan fingerprint density at radius 3 is 2.67 bits per heavy atom. The highest BCUT2D eigenvalue weighted by atomic mass is 14.7. The van der Waals surface area contributed by atoms with Crippen molar-refractivity contribution in [1.29, 1.82) is 0 Å². The Bertz CT molecular complexity index is 622. The lowest BCUT2D eigenvalue weighted by molar-refractivity contribution is 0.660. The highest BCUT2D eigenvalue weighted by Crippen LogP contribution is 2.23. The summed E-state index contributed by atoms with van der Waals surface area (Å²) in [6.07, 6.45) is 6.72. The molecule has 1 aliphatic rings. The van der Waals surface area contributed by atoms with E-state index in [1.807, 2.05) is 0 Å². The first-order valence-corrected chi connectivity index (χ1v) is 6.56. The molecular formula is C17H17N. The molecule has 0 heterocycles. The average molecular weight is 235 g/mol. The van der Waals surface area contributed by atoms with E-state index in [-0.39, 0.29) is 0 Å². The summed E-state index contributed by atoms with van der Waals surface area (Å²) in [5.74, 6) is 0.695. The smallest absolute Gasteiger partial charge is 0.0639 e. The van der Waals surface area contributed by atoms with Gasteiger partial charge in [0.15, 0.2) is 0 Å². The lowest BCUT2D eigenvalue weighted by Gasteiger charge is -2.12. The van der Waals surface area contributed by atoms with Gasteiger partial charge in [-0.15, -0.1) is 0 Å². The van der Waals surface area contributed by atoms with Crippen LogP contribution in [0.15, 0.2) is 59.6 Å². The number of hydrogen-bond acceptors (Lipinski definition) is 1. The highest BCUT2D eigenvalue weighted by Gasteiger charge is 2.07. The van der Waals surface area contributed by atoms with E-state index in [2.05, 4.69) is 61.5 Å². The first kappa shape index (κ1) is 11.2. The molecule has 0 bridgehead atoms. The predicted octanol–water partition coefficient (Wildman–Crippen LogP) is 4.90. The largest absolute Gasteiger partial charge is 0.253 e. The number of aliphatic imine (C=N–C) groups is 1. The van der Waals surface area contributed by atoms with E-state index in [9.17, 15) is 0 Å². The molecule has 1 heteroatoms. The molecule has 2 aromatic rings. The van der Waals surface area contributed by atoms with Gasteiger partial charge in [-0.1, -0.05) is 43.3 Å². The summed E-state index contributed by atoms with van der Waals surface area (Å²) in [6, 6.07) is 14.8. The van der Waals surface area contributed by atoms with Crippen molar-refractivity contribution in [2.75, 3.05) is 0 Å². The number of fused-ring (bicyclic) bond motifs is 1. The van der Waals surface area contributed by atoms with Crippen LogP contribution in [0.5, 0.6) is 0 Å². The summed E-state index contributed by atoms with van der Waals surface area (Å²) in [7, 11) is 0. The van der Waals surface area contributed by atoms with Gasteiger partial charge >= 0.3 is 0 Å². The van der Waals surface area contributed by atoms with Crippen molar-refractivity contribution in [2.45, 2.75) is 19.8 Å². The summed E-state index contributed by atoms with van der Waals surface area (Å²) in [5, 5.41) is 2.53. The second kappa shape index (κ2) is 4.77. The topological polar surface area (TPSA) is 12.4 Å². The maximum Gasteiger partial charge on any atom is 0.0639 e. The van der Waals surface area contributed by atoms with Gasteiger partial charge in [-0.25, -0.2) is 0 Å². The zero-order valence-electron chi connectivity index (χ0n) is 10.6. The maximum atomic E-state index is 4.73. The molecule has 18 heavy (non-hydrogen) atoms. The van der Waals surface area contributed by atoms with Crippen molar-refractivity contribution in [2.24, 2.45) is 10.9 Å². The third-order valence-electron chi connectivity index (χ3n) is 3.48. The van der Waals surface area contributed by atoms with Crippen LogP contribution in [0.3, 0.4) is 0 Å². The predicted molar refractivity (Wildman–Crippen MR) is 78.6 cm³/mol. The van der Waals surface area contributed by atoms with Gasteiger partial charge < -0.3 is 0 Å². The Kier molecular flexibility index (Phi) is 2.97. The highest BCUT2D eigenvalue weighted by molar-refractivity contribution is 5.98. The van der Waals surface area contributed by atoms with Gasteiger partial charge in [-0.3, -0.25) is 4.99 Å². The molecular weight excluding hydrogens is 218 g/mol. The van der Waals surface area contributed by atoms with Crippen LogP contribution in [-0.2, 0) is 0 Å². The second-order valence-electron chi connectivity index (χ2n) is 5.01. The SMILES string of the molecule is CC1C=CC(=Nc2ccc3ccccc3c2)CC1. The van der Waals surface area contributed by atoms with Crippen molar-refractivity contribution in [3.8, 4) is 0 Å². The van der Waals surface area contributed by atoms with Crippen LogP contribution in [0.4, 0.5) is 5.69 Å². The second-order valence-corrected chi connectivity index (χ2v) is 5.01. The summed E-state index contributed by atoms with van der Waals surface area (Å²) in [5.41, 5.74) is 2.26. The van der Waals surface area contributed by atoms with Gasteiger partial charge in [-0.2, -0.15) is 0 Å². The standard InChI is InChI=1S/C17H17N/c1-13-6-9-16(10-7-13)18-17-11-8-14-4-2-3-5-15(14)12-17/h2-6,8-9,11-13H,7,10H2,1H3. The van der Waals surface area contributed by atoms with E-state index in [0.29, 0.717) is 5.92 Å². The van der Waals surface area contributed by atoms with Crippen LogP contribution in [0.25, 0.3) is 10.8 Å². The molecule has 1 atom stereocenters. The van der Waals surface area contributed by atoms with E-state index in [4.69, 9.17) is 4.99 Å². The van der Waals surface area contributed by atoms with Gasteiger partial charge in [0.25, 0.3) is 0 Å². The molecule has 0 spiro atoms. The van der Waals surface area contributed by atoms with Gasteiger partial charge in [0.2, 0.25) is 0 Å². The Balaban J connectivity index is 1.95. The van der Waals surface area contributed by atoms with Crippen molar-refractivity contribution >= 4 is 22.2 Å². The fraction of sp³-hybridized carbons (Fsp3) is 0.235. The molecule has 0 saturated carbocycles. The lowest BCUT2D eigenvalue weighted by Crippen LogP contribution is -2.04. The lowest BCUT2D eigenvalue weighted by atomic mass is 9.96. The van der Waals surface area contributed by atoms with Crippen molar-refractivity contribution in [3.05, 3.63) is 54.6 Å². The van der Waals surface area contributed by atoms with E-state index >= 15 is 0 Å². The van der Waals surface area contributed by atoms with Gasteiger partial charge in [0, 0.05) is 5.71 Å². The Hall–Kier alpha value is -1.89. The van der Waals surface area contributed by atoms with Crippen molar-refractivity contribution in [3.63, 3.8) is 0 Å². The number of nitrogens with zero attached hydrogens (tertiary/aromatic N) is 1. The molecule has 0 fully saturated rings. The van der Waals surface area contributed by atoms with Crippen LogP contribution in [-0.4, -0.2) is 5.71 Å². The quantitative estimate of drug-likeness (QED) is 0.666. The van der Waals surface area contributed by atoms with Crippen LogP contribution < -0.4 is 0 Å². The molecule has 1 nitrogen and oxygen atoms in total. The number of hydrogen-bond donors (Lipinski definition) is 0. The van der Waals surface area contributed by atoms with Crippen LogP contribution >= 0.6 is 0 Å². The number of benzene rings is 2. The first-order chi connectivity index (χ1) is 8.81.